The number of carbonyl (C=O) groups excluding carboxylic acids is 1. The Morgan fingerprint density at radius 3 is 2.50 bits per heavy atom. The SMILES string of the molecule is O=c1c2cnn(-c3ccc(F)cc3)c2ncn1CC1(O)CCN(C(=O)[C@H]2CC[C@@H](n3cccn3)CC2)CC1. The predicted octanol–water partition coefficient (Wildman–Crippen LogP) is 2.70. The second kappa shape index (κ2) is 9.79. The number of carbonyl (C=O) groups is 1. The molecule has 1 N–H and O–H groups in total. The number of hydrogen-bond acceptors (Lipinski definition) is 6. The molecule has 0 atom stereocenters. The summed E-state index contributed by atoms with van der Waals surface area (Å²) >= 11 is 0. The van der Waals surface area contributed by atoms with Crippen LogP contribution in [0.5, 0.6) is 0 Å². The van der Waals surface area contributed by atoms with Crippen LogP contribution in [-0.4, -0.2) is 63.7 Å². The van der Waals surface area contributed by atoms with Crippen LogP contribution in [0.15, 0.2) is 60.0 Å². The van der Waals surface area contributed by atoms with Crippen LogP contribution < -0.4 is 5.56 Å². The number of likely N-dealkylation sites (tertiary alicyclic amines) is 1. The van der Waals surface area contributed by atoms with Gasteiger partial charge in [0, 0.05) is 31.4 Å². The molecule has 4 aromatic rings. The molecular weight excluding hydrogens is 489 g/mol. The molecule has 0 spiro atoms. The maximum atomic E-state index is 13.3. The molecule has 38 heavy (non-hydrogen) atoms. The van der Waals surface area contributed by atoms with Crippen molar-refractivity contribution in [2.75, 3.05) is 13.1 Å². The zero-order chi connectivity index (χ0) is 26.3. The smallest absolute Gasteiger partial charge is 0.264 e. The molecule has 6 rings (SSSR count). The molecule has 0 radical (unpaired) electrons. The monoisotopic (exact) mass is 519 g/mol. The van der Waals surface area contributed by atoms with Gasteiger partial charge in [0.25, 0.3) is 5.56 Å². The van der Waals surface area contributed by atoms with Crippen molar-refractivity contribution in [1.82, 2.24) is 34.0 Å². The lowest BCUT2D eigenvalue weighted by atomic mass is 9.84. The zero-order valence-electron chi connectivity index (χ0n) is 21.0. The molecular formula is C27H30FN7O3. The maximum Gasteiger partial charge on any atom is 0.264 e. The van der Waals surface area contributed by atoms with E-state index in [2.05, 4.69) is 15.2 Å². The van der Waals surface area contributed by atoms with Crippen molar-refractivity contribution >= 4 is 16.9 Å². The number of amides is 1. The number of rotatable bonds is 5. The van der Waals surface area contributed by atoms with Crippen molar-refractivity contribution < 1.29 is 14.3 Å². The van der Waals surface area contributed by atoms with Gasteiger partial charge in [0.05, 0.1) is 30.1 Å². The second-order valence-corrected chi connectivity index (χ2v) is 10.5. The number of hydrogen-bond donors (Lipinski definition) is 1. The van der Waals surface area contributed by atoms with Crippen LogP contribution in [0.25, 0.3) is 16.7 Å². The fraction of sp³-hybridized carbons (Fsp3) is 0.444. The fourth-order valence-electron chi connectivity index (χ4n) is 5.79. The van der Waals surface area contributed by atoms with Gasteiger partial charge in [-0.3, -0.25) is 18.8 Å². The van der Waals surface area contributed by atoms with Crippen LogP contribution in [0, 0.1) is 11.7 Å². The molecule has 0 unspecified atom stereocenters. The summed E-state index contributed by atoms with van der Waals surface area (Å²) in [6.45, 7) is 1.01. The van der Waals surface area contributed by atoms with Gasteiger partial charge in [-0.2, -0.15) is 10.2 Å². The number of aromatic nitrogens is 6. The summed E-state index contributed by atoms with van der Waals surface area (Å²) in [7, 11) is 0. The normalized spacial score (nSPS) is 21.6. The maximum absolute atomic E-state index is 13.3. The van der Waals surface area contributed by atoms with Crippen LogP contribution >= 0.6 is 0 Å². The topological polar surface area (TPSA) is 111 Å². The van der Waals surface area contributed by atoms with Crippen molar-refractivity contribution in [3.8, 4) is 5.69 Å². The number of halogens is 1. The fourth-order valence-corrected chi connectivity index (χ4v) is 5.79. The molecule has 10 nitrogen and oxygen atoms in total. The quantitative estimate of drug-likeness (QED) is 0.434. The van der Waals surface area contributed by atoms with Gasteiger partial charge in [0.1, 0.15) is 17.5 Å². The van der Waals surface area contributed by atoms with E-state index in [9.17, 15) is 19.1 Å². The minimum Gasteiger partial charge on any atom is -0.388 e. The van der Waals surface area contributed by atoms with Crippen molar-refractivity contribution in [3.05, 3.63) is 71.4 Å². The standard InChI is InChI=1S/C27H30FN7O3/c28-20-4-8-22(9-5-20)35-24-23(16-31-35)26(37)33(18-29-24)17-27(38)10-14-32(15-11-27)25(36)19-2-6-21(7-3-19)34-13-1-12-30-34/h1,4-5,8-9,12-13,16,18-19,21,38H,2-3,6-7,10-11,14-15,17H2/t19-,21+. The molecule has 2 fully saturated rings. The molecule has 1 saturated heterocycles. The molecule has 0 bridgehead atoms. The summed E-state index contributed by atoms with van der Waals surface area (Å²) in [5, 5.41) is 20.2. The van der Waals surface area contributed by atoms with Gasteiger partial charge >= 0.3 is 0 Å². The van der Waals surface area contributed by atoms with Crippen LogP contribution in [0.4, 0.5) is 4.39 Å². The first-order valence-corrected chi connectivity index (χ1v) is 13.1. The number of aliphatic hydroxyl groups is 1. The summed E-state index contributed by atoms with van der Waals surface area (Å²) in [6, 6.07) is 8.06. The number of fused-ring (bicyclic) bond motifs is 1. The van der Waals surface area contributed by atoms with Gasteiger partial charge in [-0.15, -0.1) is 0 Å². The third-order valence-electron chi connectivity index (χ3n) is 8.04. The summed E-state index contributed by atoms with van der Waals surface area (Å²) in [5.41, 5.74) is -0.450. The van der Waals surface area contributed by atoms with E-state index in [1.807, 2.05) is 21.8 Å². The van der Waals surface area contributed by atoms with E-state index in [1.54, 1.807) is 18.3 Å². The van der Waals surface area contributed by atoms with Gasteiger partial charge < -0.3 is 10.0 Å². The van der Waals surface area contributed by atoms with E-state index in [-0.39, 0.29) is 29.7 Å². The molecule has 1 aromatic carbocycles. The lowest BCUT2D eigenvalue weighted by Gasteiger charge is -2.40. The van der Waals surface area contributed by atoms with Gasteiger partial charge in [-0.1, -0.05) is 0 Å². The van der Waals surface area contributed by atoms with E-state index < -0.39 is 5.60 Å². The molecule has 4 heterocycles. The minimum absolute atomic E-state index is 0.0138. The Morgan fingerprint density at radius 2 is 1.82 bits per heavy atom. The summed E-state index contributed by atoms with van der Waals surface area (Å²) in [4.78, 5) is 32.6. The average Bonchev–Trinajstić information content (AvgIpc) is 3.62. The minimum atomic E-state index is -1.11. The zero-order valence-corrected chi connectivity index (χ0v) is 21.0. The Labute approximate surface area is 218 Å². The van der Waals surface area contributed by atoms with Crippen molar-refractivity contribution in [1.29, 1.82) is 0 Å². The molecule has 1 amide bonds. The summed E-state index contributed by atoms with van der Waals surface area (Å²) < 4.78 is 18.2. The Morgan fingerprint density at radius 1 is 1.08 bits per heavy atom. The van der Waals surface area contributed by atoms with E-state index in [0.717, 1.165) is 25.7 Å². The van der Waals surface area contributed by atoms with Crippen molar-refractivity contribution in [2.45, 2.75) is 56.7 Å². The van der Waals surface area contributed by atoms with Gasteiger partial charge in [-0.25, -0.2) is 14.1 Å². The molecule has 3 aromatic heterocycles. The summed E-state index contributed by atoms with van der Waals surface area (Å²) in [5.74, 6) is -0.182. The van der Waals surface area contributed by atoms with Crippen molar-refractivity contribution in [2.24, 2.45) is 5.92 Å². The highest BCUT2D eigenvalue weighted by molar-refractivity contribution is 5.79. The molecule has 198 valence electrons. The first kappa shape index (κ1) is 24.5. The van der Waals surface area contributed by atoms with Crippen LogP contribution in [0.2, 0.25) is 0 Å². The van der Waals surface area contributed by atoms with Gasteiger partial charge in [0.15, 0.2) is 5.65 Å². The van der Waals surface area contributed by atoms with Crippen LogP contribution in [-0.2, 0) is 11.3 Å². The highest BCUT2D eigenvalue weighted by Crippen LogP contribution is 2.34. The Bertz CT molecular complexity index is 1480. The lowest BCUT2D eigenvalue weighted by molar-refractivity contribution is -0.141. The lowest BCUT2D eigenvalue weighted by Crippen LogP contribution is -2.51. The van der Waals surface area contributed by atoms with Gasteiger partial charge in [-0.05, 0) is 68.9 Å². The third-order valence-corrected chi connectivity index (χ3v) is 8.04. The Balaban J connectivity index is 1.09. The van der Waals surface area contributed by atoms with E-state index in [4.69, 9.17) is 0 Å². The highest BCUT2D eigenvalue weighted by atomic mass is 19.1. The highest BCUT2D eigenvalue weighted by Gasteiger charge is 2.37. The first-order valence-electron chi connectivity index (χ1n) is 13.1. The molecule has 2 aliphatic rings. The molecule has 1 aliphatic heterocycles. The molecule has 11 heteroatoms. The molecule has 1 saturated carbocycles. The number of nitrogens with zero attached hydrogens (tertiary/aromatic N) is 7. The van der Waals surface area contributed by atoms with E-state index in [0.29, 0.717) is 48.7 Å². The van der Waals surface area contributed by atoms with E-state index >= 15 is 0 Å². The number of piperidine rings is 1. The summed E-state index contributed by atoms with van der Waals surface area (Å²) in [6.07, 6.45) is 11.0. The average molecular weight is 520 g/mol. The second-order valence-electron chi connectivity index (χ2n) is 10.5. The Kier molecular flexibility index (Phi) is 6.30. The largest absolute Gasteiger partial charge is 0.388 e. The van der Waals surface area contributed by atoms with Gasteiger partial charge in [0.2, 0.25) is 5.91 Å². The molecule has 1 aliphatic carbocycles. The third kappa shape index (κ3) is 4.62. The first-order chi connectivity index (χ1) is 18.4. The van der Waals surface area contributed by atoms with Crippen molar-refractivity contribution in [3.63, 3.8) is 0 Å². The van der Waals surface area contributed by atoms with E-state index in [1.165, 1.54) is 33.9 Å². The van der Waals surface area contributed by atoms with Crippen LogP contribution in [0.1, 0.15) is 44.6 Å². The Hall–Kier alpha value is -3.86. The number of benzene rings is 1. The predicted molar refractivity (Wildman–Crippen MR) is 137 cm³/mol. The van der Waals surface area contributed by atoms with Crippen LogP contribution in [0.3, 0.4) is 0 Å².